The molecule has 0 fully saturated rings. The monoisotopic (exact) mass is 388 g/mol. The highest BCUT2D eigenvalue weighted by Crippen LogP contribution is 2.28. The van der Waals surface area contributed by atoms with Gasteiger partial charge in [-0.25, -0.2) is 5.43 Å². The maximum atomic E-state index is 12.5. The summed E-state index contributed by atoms with van der Waals surface area (Å²) >= 11 is 0. The average Bonchev–Trinajstić information content (AvgIpc) is 3.07. The first kappa shape index (κ1) is 18.5. The number of para-hydroxylation sites is 1. The minimum absolute atomic E-state index is 0.138. The standard InChI is InChI=1S/C22H20N4O3/c1-28-20-8-7-15(11-21(20)29-2)12-24-25-22(27)14-26-18-6-4-3-5-16(18)17-9-10-23-13-19(17)26/h3-13H,14H2,1-2H3,(H,25,27)/b24-12-. The fourth-order valence-corrected chi connectivity index (χ4v) is 3.36. The fraction of sp³-hybridized carbons (Fsp3) is 0.136. The van der Waals surface area contributed by atoms with Crippen molar-refractivity contribution in [2.75, 3.05) is 14.2 Å². The largest absolute Gasteiger partial charge is 0.493 e. The Morgan fingerprint density at radius 1 is 1.07 bits per heavy atom. The van der Waals surface area contributed by atoms with Crippen LogP contribution in [-0.4, -0.2) is 35.9 Å². The number of amides is 1. The van der Waals surface area contributed by atoms with E-state index in [1.54, 1.807) is 45.0 Å². The van der Waals surface area contributed by atoms with Crippen molar-refractivity contribution >= 4 is 33.9 Å². The van der Waals surface area contributed by atoms with Gasteiger partial charge >= 0.3 is 0 Å². The number of carbonyl (C=O) groups is 1. The van der Waals surface area contributed by atoms with Gasteiger partial charge in [-0.3, -0.25) is 9.78 Å². The Kier molecular flexibility index (Phi) is 5.11. The highest BCUT2D eigenvalue weighted by atomic mass is 16.5. The van der Waals surface area contributed by atoms with Gasteiger partial charge in [0.1, 0.15) is 6.54 Å². The molecule has 7 nitrogen and oxygen atoms in total. The molecule has 0 saturated heterocycles. The molecular weight excluding hydrogens is 368 g/mol. The summed E-state index contributed by atoms with van der Waals surface area (Å²) in [6, 6.07) is 15.3. The Labute approximate surface area is 167 Å². The number of methoxy groups -OCH3 is 2. The second-order valence-electron chi connectivity index (χ2n) is 6.40. The van der Waals surface area contributed by atoms with E-state index < -0.39 is 0 Å². The lowest BCUT2D eigenvalue weighted by atomic mass is 10.2. The smallest absolute Gasteiger partial charge is 0.260 e. The Bertz CT molecular complexity index is 1160. The van der Waals surface area contributed by atoms with Crippen LogP contribution in [0.2, 0.25) is 0 Å². The molecule has 0 aliphatic rings. The summed E-state index contributed by atoms with van der Waals surface area (Å²) in [5.74, 6) is 1.00. The number of nitrogens with zero attached hydrogens (tertiary/aromatic N) is 3. The van der Waals surface area contributed by atoms with Gasteiger partial charge in [-0.1, -0.05) is 18.2 Å². The van der Waals surface area contributed by atoms with Crippen molar-refractivity contribution in [1.82, 2.24) is 15.0 Å². The lowest BCUT2D eigenvalue weighted by Crippen LogP contribution is -2.23. The van der Waals surface area contributed by atoms with Crippen LogP contribution in [0.15, 0.2) is 66.0 Å². The van der Waals surface area contributed by atoms with Crippen LogP contribution in [0.1, 0.15) is 5.56 Å². The predicted octanol–water partition coefficient (Wildman–Crippen LogP) is 3.36. The Hall–Kier alpha value is -3.87. The summed E-state index contributed by atoms with van der Waals surface area (Å²) in [6.45, 7) is 0.138. The van der Waals surface area contributed by atoms with Gasteiger partial charge in [0.15, 0.2) is 11.5 Å². The van der Waals surface area contributed by atoms with Gasteiger partial charge in [-0.2, -0.15) is 5.10 Å². The molecule has 0 atom stereocenters. The zero-order valence-electron chi connectivity index (χ0n) is 16.1. The van der Waals surface area contributed by atoms with Crippen LogP contribution >= 0.6 is 0 Å². The van der Waals surface area contributed by atoms with E-state index in [9.17, 15) is 4.79 Å². The quantitative estimate of drug-likeness (QED) is 0.406. The van der Waals surface area contributed by atoms with Gasteiger partial charge in [0.2, 0.25) is 0 Å². The van der Waals surface area contributed by atoms with Gasteiger partial charge in [0, 0.05) is 22.5 Å². The number of benzene rings is 2. The van der Waals surface area contributed by atoms with E-state index in [0.717, 1.165) is 27.4 Å². The summed E-state index contributed by atoms with van der Waals surface area (Å²) in [4.78, 5) is 16.7. The van der Waals surface area contributed by atoms with Crippen LogP contribution in [0.25, 0.3) is 21.8 Å². The number of fused-ring (bicyclic) bond motifs is 3. The predicted molar refractivity (Wildman–Crippen MR) is 113 cm³/mol. The van der Waals surface area contributed by atoms with Crippen LogP contribution in [-0.2, 0) is 11.3 Å². The summed E-state index contributed by atoms with van der Waals surface area (Å²) < 4.78 is 12.4. The average molecular weight is 388 g/mol. The molecule has 0 spiro atoms. The molecule has 7 heteroatoms. The van der Waals surface area contributed by atoms with E-state index in [-0.39, 0.29) is 12.5 Å². The maximum Gasteiger partial charge on any atom is 0.260 e. The van der Waals surface area contributed by atoms with Crippen molar-refractivity contribution in [2.24, 2.45) is 5.10 Å². The van der Waals surface area contributed by atoms with Crippen molar-refractivity contribution in [3.05, 3.63) is 66.5 Å². The number of ether oxygens (including phenoxy) is 2. The molecule has 29 heavy (non-hydrogen) atoms. The van der Waals surface area contributed by atoms with Crippen LogP contribution in [0, 0.1) is 0 Å². The molecule has 146 valence electrons. The van der Waals surface area contributed by atoms with E-state index in [4.69, 9.17) is 9.47 Å². The third-order valence-corrected chi connectivity index (χ3v) is 4.69. The third kappa shape index (κ3) is 3.62. The highest BCUT2D eigenvalue weighted by molar-refractivity contribution is 6.08. The second-order valence-corrected chi connectivity index (χ2v) is 6.40. The normalized spacial score (nSPS) is 11.2. The molecule has 1 amide bonds. The molecule has 2 aromatic carbocycles. The zero-order chi connectivity index (χ0) is 20.2. The number of hydrogen-bond acceptors (Lipinski definition) is 5. The second kappa shape index (κ2) is 8.02. The van der Waals surface area contributed by atoms with E-state index in [1.165, 1.54) is 0 Å². The number of aromatic nitrogens is 2. The maximum absolute atomic E-state index is 12.5. The van der Waals surface area contributed by atoms with Crippen molar-refractivity contribution in [2.45, 2.75) is 6.54 Å². The molecule has 0 radical (unpaired) electrons. The molecule has 0 aliphatic heterocycles. The van der Waals surface area contributed by atoms with E-state index in [0.29, 0.717) is 11.5 Å². The highest BCUT2D eigenvalue weighted by Gasteiger charge is 2.12. The number of rotatable bonds is 6. The molecule has 2 heterocycles. The third-order valence-electron chi connectivity index (χ3n) is 4.69. The van der Waals surface area contributed by atoms with Crippen LogP contribution in [0.3, 0.4) is 0 Å². The van der Waals surface area contributed by atoms with Gasteiger partial charge in [-0.05, 0) is 35.9 Å². The van der Waals surface area contributed by atoms with Crippen LogP contribution in [0.4, 0.5) is 0 Å². The molecule has 0 bridgehead atoms. The van der Waals surface area contributed by atoms with Crippen molar-refractivity contribution in [1.29, 1.82) is 0 Å². The minimum atomic E-state index is -0.228. The summed E-state index contributed by atoms with van der Waals surface area (Å²) in [5.41, 5.74) is 5.25. The van der Waals surface area contributed by atoms with Gasteiger partial charge in [-0.15, -0.1) is 0 Å². The van der Waals surface area contributed by atoms with Gasteiger partial charge in [0.25, 0.3) is 5.91 Å². The van der Waals surface area contributed by atoms with E-state index in [1.807, 2.05) is 41.0 Å². The Morgan fingerprint density at radius 3 is 2.69 bits per heavy atom. The summed E-state index contributed by atoms with van der Waals surface area (Å²) in [6.07, 6.45) is 5.09. The summed E-state index contributed by atoms with van der Waals surface area (Å²) in [5, 5.41) is 6.22. The Balaban J connectivity index is 1.53. The number of nitrogens with one attached hydrogen (secondary N) is 1. The lowest BCUT2D eigenvalue weighted by molar-refractivity contribution is -0.121. The molecule has 0 aliphatic carbocycles. The zero-order valence-corrected chi connectivity index (χ0v) is 16.1. The van der Waals surface area contributed by atoms with E-state index >= 15 is 0 Å². The summed E-state index contributed by atoms with van der Waals surface area (Å²) in [7, 11) is 3.15. The first-order valence-corrected chi connectivity index (χ1v) is 9.06. The molecule has 0 unspecified atom stereocenters. The van der Waals surface area contributed by atoms with Crippen LogP contribution < -0.4 is 14.9 Å². The fourth-order valence-electron chi connectivity index (χ4n) is 3.36. The SMILES string of the molecule is COc1ccc(/C=N\NC(=O)Cn2c3ccccc3c3ccncc32)cc1OC. The molecular formula is C22H20N4O3. The topological polar surface area (TPSA) is 77.7 Å². The number of pyridine rings is 1. The molecule has 4 aromatic rings. The number of hydrazone groups is 1. The van der Waals surface area contributed by atoms with Gasteiger partial charge < -0.3 is 14.0 Å². The first-order chi connectivity index (χ1) is 14.2. The van der Waals surface area contributed by atoms with Crippen molar-refractivity contribution in [3.8, 4) is 11.5 Å². The number of hydrogen-bond donors (Lipinski definition) is 1. The molecule has 4 rings (SSSR count). The lowest BCUT2D eigenvalue weighted by Gasteiger charge is -2.07. The van der Waals surface area contributed by atoms with E-state index in [2.05, 4.69) is 15.5 Å². The Morgan fingerprint density at radius 2 is 1.86 bits per heavy atom. The molecule has 0 saturated carbocycles. The molecule has 1 N–H and O–H groups in total. The van der Waals surface area contributed by atoms with Gasteiger partial charge in [0.05, 0.1) is 32.1 Å². The minimum Gasteiger partial charge on any atom is -0.493 e. The molecule has 2 aromatic heterocycles. The van der Waals surface area contributed by atoms with Crippen molar-refractivity contribution in [3.63, 3.8) is 0 Å². The van der Waals surface area contributed by atoms with Crippen LogP contribution in [0.5, 0.6) is 11.5 Å². The van der Waals surface area contributed by atoms with Crippen molar-refractivity contribution < 1.29 is 14.3 Å². The first-order valence-electron chi connectivity index (χ1n) is 9.06. The number of carbonyl (C=O) groups excluding carboxylic acids is 1.